The Morgan fingerprint density at radius 3 is 2.88 bits per heavy atom. The van der Waals surface area contributed by atoms with E-state index < -0.39 is 0 Å². The first-order valence-corrected chi connectivity index (χ1v) is 5.84. The Bertz CT molecular complexity index is 296. The van der Waals surface area contributed by atoms with E-state index in [0.29, 0.717) is 26.4 Å². The first-order valence-electron chi connectivity index (χ1n) is 5.05. The van der Waals surface area contributed by atoms with Crippen LogP contribution in [0.4, 0.5) is 0 Å². The number of nitrogens with one attached hydrogen (secondary N) is 1. The molecule has 1 rings (SSSR count). The summed E-state index contributed by atoms with van der Waals surface area (Å²) >= 11 is 3.38. The highest BCUT2D eigenvalue weighted by atomic mass is 79.9. The fraction of sp³-hybridized carbons (Fsp3) is 0.455. The predicted octanol–water partition coefficient (Wildman–Crippen LogP) is 2.00. The molecular weight excluding hydrogens is 274 g/mol. The number of methoxy groups -OCH3 is 1. The Balaban J connectivity index is 2.03. The van der Waals surface area contributed by atoms with Crippen molar-refractivity contribution in [3.05, 3.63) is 28.7 Å². The average molecular weight is 290 g/mol. The van der Waals surface area contributed by atoms with Gasteiger partial charge in [-0.15, -0.1) is 0 Å². The highest BCUT2D eigenvalue weighted by Gasteiger charge is 1.94. The molecule has 0 saturated carbocycles. The molecule has 0 bridgehead atoms. The van der Waals surface area contributed by atoms with Gasteiger partial charge in [-0.3, -0.25) is 4.84 Å². The van der Waals surface area contributed by atoms with Crippen LogP contribution in [0.15, 0.2) is 28.7 Å². The molecule has 0 aromatic heterocycles. The quantitative estimate of drug-likeness (QED) is 0.587. The summed E-state index contributed by atoms with van der Waals surface area (Å²) in [5, 5.41) is 0. The fourth-order valence-corrected chi connectivity index (χ4v) is 1.41. The molecule has 0 heterocycles. The Morgan fingerprint density at radius 1 is 1.25 bits per heavy atom. The minimum atomic E-state index is 0.535. The first kappa shape index (κ1) is 13.4. The summed E-state index contributed by atoms with van der Waals surface area (Å²) in [7, 11) is 1.64. The van der Waals surface area contributed by atoms with Gasteiger partial charge < -0.3 is 9.47 Å². The third kappa shape index (κ3) is 6.07. The normalized spacial score (nSPS) is 10.4. The van der Waals surface area contributed by atoms with Crippen molar-refractivity contribution in [3.8, 4) is 5.75 Å². The Labute approximate surface area is 104 Å². The number of benzene rings is 1. The summed E-state index contributed by atoms with van der Waals surface area (Å²) in [6, 6.07) is 7.73. The Kier molecular flexibility index (Phi) is 7.16. The van der Waals surface area contributed by atoms with Crippen LogP contribution in [0, 0.1) is 0 Å². The van der Waals surface area contributed by atoms with E-state index in [2.05, 4.69) is 21.4 Å². The maximum absolute atomic E-state index is 5.49. The second-order valence-corrected chi connectivity index (χ2v) is 3.96. The molecule has 90 valence electrons. The lowest BCUT2D eigenvalue weighted by Gasteiger charge is -2.07. The Morgan fingerprint density at radius 2 is 2.12 bits per heavy atom. The van der Waals surface area contributed by atoms with E-state index in [0.717, 1.165) is 10.2 Å². The first-order chi connectivity index (χ1) is 7.83. The molecule has 16 heavy (non-hydrogen) atoms. The molecule has 0 fully saturated rings. The van der Waals surface area contributed by atoms with Gasteiger partial charge in [0, 0.05) is 11.6 Å². The summed E-state index contributed by atoms with van der Waals surface area (Å²) in [6.07, 6.45) is 0. The molecule has 0 aliphatic heterocycles. The molecule has 4 nitrogen and oxygen atoms in total. The molecule has 0 amide bonds. The van der Waals surface area contributed by atoms with Gasteiger partial charge in [0.05, 0.1) is 19.8 Å². The van der Waals surface area contributed by atoms with E-state index in [9.17, 15) is 0 Å². The van der Waals surface area contributed by atoms with E-state index in [-0.39, 0.29) is 0 Å². The molecule has 1 N–H and O–H groups in total. The molecule has 5 heteroatoms. The van der Waals surface area contributed by atoms with Gasteiger partial charge >= 0.3 is 0 Å². The lowest BCUT2D eigenvalue weighted by atomic mass is 10.3. The van der Waals surface area contributed by atoms with Gasteiger partial charge in [0.15, 0.2) is 0 Å². The number of ether oxygens (including phenoxy) is 2. The van der Waals surface area contributed by atoms with Crippen LogP contribution in [-0.4, -0.2) is 33.5 Å². The smallest absolute Gasteiger partial charge is 0.120 e. The van der Waals surface area contributed by atoms with E-state index in [1.165, 1.54) is 0 Å². The molecule has 0 spiro atoms. The van der Waals surface area contributed by atoms with Gasteiger partial charge in [-0.05, 0) is 18.2 Å². The summed E-state index contributed by atoms with van der Waals surface area (Å²) in [5.74, 6) is 0.841. The van der Waals surface area contributed by atoms with E-state index >= 15 is 0 Å². The summed E-state index contributed by atoms with van der Waals surface area (Å²) < 4.78 is 11.3. The molecular formula is C11H16BrNO3. The minimum Gasteiger partial charge on any atom is -0.492 e. The van der Waals surface area contributed by atoms with Crippen LogP contribution < -0.4 is 10.2 Å². The van der Waals surface area contributed by atoms with Crippen LogP contribution in [0.5, 0.6) is 5.75 Å². The number of hydrogen-bond donors (Lipinski definition) is 1. The van der Waals surface area contributed by atoms with Crippen molar-refractivity contribution in [1.82, 2.24) is 5.48 Å². The number of rotatable bonds is 8. The lowest BCUT2D eigenvalue weighted by Crippen LogP contribution is -2.23. The fourth-order valence-electron chi connectivity index (χ4n) is 1.04. The van der Waals surface area contributed by atoms with Gasteiger partial charge in [-0.25, -0.2) is 0 Å². The SMILES string of the molecule is COCCONCCOc1cccc(Br)c1. The number of halogens is 1. The molecule has 0 aliphatic rings. The molecule has 1 aromatic rings. The topological polar surface area (TPSA) is 39.7 Å². The monoisotopic (exact) mass is 289 g/mol. The third-order valence-electron chi connectivity index (χ3n) is 1.76. The van der Waals surface area contributed by atoms with Gasteiger partial charge in [0.1, 0.15) is 12.4 Å². The Hall–Kier alpha value is -0.620. The van der Waals surface area contributed by atoms with Gasteiger partial charge in [0.2, 0.25) is 0 Å². The largest absolute Gasteiger partial charge is 0.492 e. The molecule has 0 unspecified atom stereocenters. The average Bonchev–Trinajstić information content (AvgIpc) is 2.28. The molecule has 1 aromatic carbocycles. The van der Waals surface area contributed by atoms with Crippen LogP contribution in [0.3, 0.4) is 0 Å². The van der Waals surface area contributed by atoms with Crippen molar-refractivity contribution in [3.63, 3.8) is 0 Å². The van der Waals surface area contributed by atoms with Crippen LogP contribution in [-0.2, 0) is 9.57 Å². The highest BCUT2D eigenvalue weighted by Crippen LogP contribution is 2.17. The van der Waals surface area contributed by atoms with Crippen molar-refractivity contribution >= 4 is 15.9 Å². The van der Waals surface area contributed by atoms with Crippen LogP contribution >= 0.6 is 15.9 Å². The zero-order chi connectivity index (χ0) is 11.6. The van der Waals surface area contributed by atoms with Crippen molar-refractivity contribution in [2.75, 3.05) is 33.5 Å². The molecule has 0 radical (unpaired) electrons. The van der Waals surface area contributed by atoms with E-state index in [1.54, 1.807) is 7.11 Å². The van der Waals surface area contributed by atoms with Gasteiger partial charge in [-0.1, -0.05) is 22.0 Å². The standard InChI is InChI=1S/C11H16BrNO3/c1-14-7-8-16-13-5-6-15-11-4-2-3-10(12)9-11/h2-4,9,13H,5-8H2,1H3. The summed E-state index contributed by atoms with van der Waals surface area (Å²) in [4.78, 5) is 5.07. The maximum atomic E-state index is 5.49. The van der Waals surface area contributed by atoms with Crippen molar-refractivity contribution in [2.24, 2.45) is 0 Å². The second kappa shape index (κ2) is 8.52. The minimum absolute atomic E-state index is 0.535. The lowest BCUT2D eigenvalue weighted by molar-refractivity contribution is 0.00257. The van der Waals surface area contributed by atoms with Crippen LogP contribution in [0.2, 0.25) is 0 Å². The zero-order valence-corrected chi connectivity index (χ0v) is 10.8. The van der Waals surface area contributed by atoms with Gasteiger partial charge in [-0.2, -0.15) is 5.48 Å². The third-order valence-corrected chi connectivity index (χ3v) is 2.25. The maximum Gasteiger partial charge on any atom is 0.120 e. The van der Waals surface area contributed by atoms with Crippen molar-refractivity contribution in [2.45, 2.75) is 0 Å². The van der Waals surface area contributed by atoms with Crippen LogP contribution in [0.25, 0.3) is 0 Å². The number of hydroxylamine groups is 1. The number of hydrogen-bond acceptors (Lipinski definition) is 4. The van der Waals surface area contributed by atoms with Crippen molar-refractivity contribution < 1.29 is 14.3 Å². The van der Waals surface area contributed by atoms with Crippen molar-refractivity contribution in [1.29, 1.82) is 0 Å². The molecule has 0 atom stereocenters. The van der Waals surface area contributed by atoms with E-state index in [4.69, 9.17) is 14.3 Å². The predicted molar refractivity (Wildman–Crippen MR) is 65.5 cm³/mol. The summed E-state index contributed by atoms with van der Waals surface area (Å²) in [5.41, 5.74) is 2.79. The van der Waals surface area contributed by atoms with Crippen LogP contribution in [0.1, 0.15) is 0 Å². The molecule has 0 aliphatic carbocycles. The summed E-state index contributed by atoms with van der Waals surface area (Å²) in [6.45, 7) is 2.31. The highest BCUT2D eigenvalue weighted by molar-refractivity contribution is 9.10. The zero-order valence-electron chi connectivity index (χ0n) is 9.24. The van der Waals surface area contributed by atoms with Gasteiger partial charge in [0.25, 0.3) is 0 Å². The molecule has 0 saturated heterocycles. The second-order valence-electron chi connectivity index (χ2n) is 3.04. The van der Waals surface area contributed by atoms with E-state index in [1.807, 2.05) is 24.3 Å².